The van der Waals surface area contributed by atoms with Gasteiger partial charge in [-0.2, -0.15) is 0 Å². The van der Waals surface area contributed by atoms with Crippen LogP contribution < -0.4 is 0 Å². The second kappa shape index (κ2) is 10.0. The maximum atomic E-state index is 13.3. The predicted octanol–water partition coefficient (Wildman–Crippen LogP) is 3.47. The average Bonchev–Trinajstić information content (AvgIpc) is 2.99. The molecule has 162 valence electrons. The van der Waals surface area contributed by atoms with E-state index in [1.165, 1.54) is 0 Å². The van der Waals surface area contributed by atoms with Crippen LogP contribution in [0.25, 0.3) is 11.1 Å². The topological polar surface area (TPSA) is 66.4 Å². The van der Waals surface area contributed by atoms with Crippen LogP contribution in [0.1, 0.15) is 16.1 Å². The molecular formula is C26H26N4O2. The Labute approximate surface area is 188 Å². The summed E-state index contributed by atoms with van der Waals surface area (Å²) in [6.45, 7) is 5.58. The molecule has 2 aromatic heterocycles. The highest BCUT2D eigenvalue weighted by Gasteiger charge is 2.32. The zero-order valence-corrected chi connectivity index (χ0v) is 17.9. The molecule has 1 atom stereocenters. The summed E-state index contributed by atoms with van der Waals surface area (Å²) in [4.78, 5) is 38.2. The molecule has 1 aromatic carbocycles. The number of carbonyl (C=O) groups is 2. The van der Waals surface area contributed by atoms with Gasteiger partial charge in [0.05, 0.1) is 5.92 Å². The van der Waals surface area contributed by atoms with Gasteiger partial charge in [-0.3, -0.25) is 19.6 Å². The lowest BCUT2D eigenvalue weighted by atomic mass is 9.95. The van der Waals surface area contributed by atoms with E-state index in [9.17, 15) is 9.59 Å². The average molecular weight is 427 g/mol. The van der Waals surface area contributed by atoms with Crippen LogP contribution in [0.3, 0.4) is 0 Å². The van der Waals surface area contributed by atoms with Crippen LogP contribution in [0.5, 0.6) is 0 Å². The molecule has 0 radical (unpaired) electrons. The van der Waals surface area contributed by atoms with Crippen molar-refractivity contribution in [1.82, 2.24) is 19.8 Å². The van der Waals surface area contributed by atoms with E-state index in [2.05, 4.69) is 28.7 Å². The maximum absolute atomic E-state index is 13.3. The van der Waals surface area contributed by atoms with Gasteiger partial charge in [0.1, 0.15) is 5.69 Å². The molecule has 6 heteroatoms. The van der Waals surface area contributed by atoms with E-state index in [0.717, 1.165) is 16.7 Å². The molecule has 0 unspecified atom stereocenters. The molecule has 6 nitrogen and oxygen atoms in total. The van der Waals surface area contributed by atoms with E-state index in [-0.39, 0.29) is 17.7 Å². The van der Waals surface area contributed by atoms with Crippen molar-refractivity contribution in [3.63, 3.8) is 0 Å². The normalized spacial score (nSPS) is 16.5. The Morgan fingerprint density at radius 3 is 2.62 bits per heavy atom. The first-order valence-electron chi connectivity index (χ1n) is 10.7. The van der Waals surface area contributed by atoms with Crippen molar-refractivity contribution in [3.8, 4) is 11.1 Å². The summed E-state index contributed by atoms with van der Waals surface area (Å²) in [5.74, 6) is -0.428. The van der Waals surface area contributed by atoms with Gasteiger partial charge >= 0.3 is 0 Å². The molecule has 0 spiro atoms. The number of rotatable bonds is 6. The summed E-state index contributed by atoms with van der Waals surface area (Å²) in [6, 6.07) is 17.4. The van der Waals surface area contributed by atoms with Gasteiger partial charge < -0.3 is 9.80 Å². The first-order valence-corrected chi connectivity index (χ1v) is 10.7. The summed E-state index contributed by atoms with van der Waals surface area (Å²) < 4.78 is 0. The van der Waals surface area contributed by atoms with Gasteiger partial charge in [-0.05, 0) is 47.4 Å². The highest BCUT2D eigenvalue weighted by molar-refractivity contribution is 5.93. The quantitative estimate of drug-likeness (QED) is 0.566. The third-order valence-electron chi connectivity index (χ3n) is 5.68. The number of hydrogen-bond donors (Lipinski definition) is 0. The van der Waals surface area contributed by atoms with Crippen molar-refractivity contribution in [1.29, 1.82) is 0 Å². The molecule has 32 heavy (non-hydrogen) atoms. The molecule has 2 amide bonds. The fourth-order valence-corrected chi connectivity index (χ4v) is 4.08. The highest BCUT2D eigenvalue weighted by Crippen LogP contribution is 2.23. The standard InChI is InChI=1S/C26H26N4O2/c1-2-14-29-15-16-30(26(32)24-8-3-4-11-28-24)19-23(25(29)31)18-20-6-5-7-22(17-20)21-9-12-27-13-10-21/h2-13,17,23H,1,14-16,18-19H2/t23-/m1/s1. The zero-order chi connectivity index (χ0) is 22.3. The second-order valence-electron chi connectivity index (χ2n) is 7.88. The molecule has 4 rings (SSSR count). The van der Waals surface area contributed by atoms with Crippen molar-refractivity contribution < 1.29 is 9.59 Å². The van der Waals surface area contributed by atoms with Crippen LogP contribution in [0.15, 0.2) is 85.8 Å². The fraction of sp³-hybridized carbons (Fsp3) is 0.231. The number of carbonyl (C=O) groups excluding carboxylic acids is 2. The van der Waals surface area contributed by atoms with E-state index in [0.29, 0.717) is 38.3 Å². The van der Waals surface area contributed by atoms with Gasteiger partial charge in [-0.1, -0.05) is 36.4 Å². The minimum absolute atomic E-state index is 0.0514. The van der Waals surface area contributed by atoms with E-state index in [4.69, 9.17) is 0 Å². The van der Waals surface area contributed by atoms with Crippen LogP contribution in [0.4, 0.5) is 0 Å². The fourth-order valence-electron chi connectivity index (χ4n) is 4.08. The third kappa shape index (κ3) is 4.91. The van der Waals surface area contributed by atoms with Gasteiger partial charge in [-0.25, -0.2) is 0 Å². The van der Waals surface area contributed by atoms with Gasteiger partial charge in [-0.15, -0.1) is 6.58 Å². The Kier molecular flexibility index (Phi) is 6.70. The van der Waals surface area contributed by atoms with Crippen LogP contribution in [0, 0.1) is 5.92 Å². The SMILES string of the molecule is C=CCN1CCN(C(=O)c2ccccn2)C[C@@H](Cc2cccc(-c3ccncc3)c2)C1=O. The van der Waals surface area contributed by atoms with Gasteiger partial charge in [0, 0.05) is 44.8 Å². The molecule has 1 aliphatic rings. The van der Waals surface area contributed by atoms with Crippen molar-refractivity contribution in [2.45, 2.75) is 6.42 Å². The summed E-state index contributed by atoms with van der Waals surface area (Å²) in [6.07, 6.45) is 7.44. The third-order valence-corrected chi connectivity index (χ3v) is 5.68. The number of benzene rings is 1. The molecular weight excluding hydrogens is 400 g/mol. The van der Waals surface area contributed by atoms with Crippen molar-refractivity contribution >= 4 is 11.8 Å². The van der Waals surface area contributed by atoms with Crippen LogP contribution >= 0.6 is 0 Å². The minimum Gasteiger partial charge on any atom is -0.337 e. The Morgan fingerprint density at radius 2 is 1.88 bits per heavy atom. The van der Waals surface area contributed by atoms with Gasteiger partial charge in [0.15, 0.2) is 0 Å². The smallest absolute Gasteiger partial charge is 0.272 e. The Morgan fingerprint density at radius 1 is 1.03 bits per heavy atom. The Hall–Kier alpha value is -3.80. The van der Waals surface area contributed by atoms with Crippen molar-refractivity contribution in [2.24, 2.45) is 5.92 Å². The number of nitrogens with zero attached hydrogens (tertiary/aromatic N) is 4. The summed E-state index contributed by atoms with van der Waals surface area (Å²) in [5.41, 5.74) is 3.61. The zero-order valence-electron chi connectivity index (χ0n) is 17.9. The minimum atomic E-state index is -0.335. The molecule has 3 heterocycles. The second-order valence-corrected chi connectivity index (χ2v) is 7.88. The first kappa shape index (κ1) is 21.4. The van der Waals surface area contributed by atoms with E-state index < -0.39 is 0 Å². The lowest BCUT2D eigenvalue weighted by molar-refractivity contribution is -0.134. The van der Waals surface area contributed by atoms with E-state index >= 15 is 0 Å². The van der Waals surface area contributed by atoms with Crippen molar-refractivity contribution in [2.75, 3.05) is 26.2 Å². The molecule has 0 bridgehead atoms. The summed E-state index contributed by atoms with van der Waals surface area (Å²) in [7, 11) is 0. The monoisotopic (exact) mass is 426 g/mol. The molecule has 1 fully saturated rings. The number of hydrogen-bond acceptors (Lipinski definition) is 4. The molecule has 0 saturated carbocycles. The molecule has 0 aliphatic carbocycles. The summed E-state index contributed by atoms with van der Waals surface area (Å²) >= 11 is 0. The lowest BCUT2D eigenvalue weighted by Gasteiger charge is -2.23. The highest BCUT2D eigenvalue weighted by atomic mass is 16.2. The van der Waals surface area contributed by atoms with Crippen molar-refractivity contribution in [3.05, 3.63) is 97.1 Å². The van der Waals surface area contributed by atoms with Crippen LogP contribution in [-0.2, 0) is 11.2 Å². The predicted molar refractivity (Wildman–Crippen MR) is 124 cm³/mol. The van der Waals surface area contributed by atoms with E-state index in [1.807, 2.05) is 24.3 Å². The first-order chi connectivity index (χ1) is 15.7. The molecule has 3 aromatic rings. The number of pyridine rings is 2. The largest absolute Gasteiger partial charge is 0.337 e. The Bertz CT molecular complexity index is 1090. The maximum Gasteiger partial charge on any atom is 0.272 e. The number of amides is 2. The molecule has 1 saturated heterocycles. The summed E-state index contributed by atoms with van der Waals surface area (Å²) in [5, 5.41) is 0. The van der Waals surface area contributed by atoms with E-state index in [1.54, 1.807) is 52.7 Å². The molecule has 0 N–H and O–H groups in total. The number of aromatic nitrogens is 2. The van der Waals surface area contributed by atoms with Gasteiger partial charge in [0.25, 0.3) is 5.91 Å². The van der Waals surface area contributed by atoms with Crippen LogP contribution in [-0.4, -0.2) is 57.8 Å². The van der Waals surface area contributed by atoms with Crippen LogP contribution in [0.2, 0.25) is 0 Å². The Balaban J connectivity index is 1.59. The molecule has 1 aliphatic heterocycles. The van der Waals surface area contributed by atoms with Gasteiger partial charge in [0.2, 0.25) is 5.91 Å². The lowest BCUT2D eigenvalue weighted by Crippen LogP contribution is -2.38.